The molecule has 0 radical (unpaired) electrons. The molecular formula is C16H20ClN3O. The van der Waals surface area contributed by atoms with Crippen LogP contribution in [0.3, 0.4) is 0 Å². The molecule has 0 bridgehead atoms. The molecule has 1 N–H and O–H groups in total. The number of methoxy groups -OCH3 is 1. The van der Waals surface area contributed by atoms with Gasteiger partial charge < -0.3 is 10.1 Å². The molecule has 1 aliphatic rings. The number of hydrogen-bond donors (Lipinski definition) is 1. The summed E-state index contributed by atoms with van der Waals surface area (Å²) in [7, 11) is 1.65. The van der Waals surface area contributed by atoms with Crippen LogP contribution in [0.5, 0.6) is 5.75 Å². The fourth-order valence-corrected chi connectivity index (χ4v) is 2.98. The third-order valence-electron chi connectivity index (χ3n) is 4.00. The number of nitrogens with one attached hydrogen (secondary N) is 1. The second-order valence-corrected chi connectivity index (χ2v) is 5.83. The first-order chi connectivity index (χ1) is 10.3. The smallest absolute Gasteiger partial charge is 0.121 e. The van der Waals surface area contributed by atoms with Gasteiger partial charge in [0.15, 0.2) is 0 Å². The van der Waals surface area contributed by atoms with Gasteiger partial charge in [-0.2, -0.15) is 5.10 Å². The summed E-state index contributed by atoms with van der Waals surface area (Å²) in [5.74, 6) is 0.790. The number of ether oxygens (including phenoxy) is 1. The molecule has 5 heteroatoms. The molecule has 0 atom stereocenters. The summed E-state index contributed by atoms with van der Waals surface area (Å²) in [6.07, 6.45) is 7.21. The standard InChI is InChI=1S/C16H20ClN3O/c1-21-14-6-7-15(17)16(10-14)18-11-12-8-9-20(19-12)13-4-2-3-5-13/h6-10,13,18H,2-5,11H2,1H3. The van der Waals surface area contributed by atoms with Crippen LogP contribution in [0.25, 0.3) is 0 Å². The Bertz CT molecular complexity index is 605. The number of anilines is 1. The van der Waals surface area contributed by atoms with Gasteiger partial charge in [-0.15, -0.1) is 0 Å². The summed E-state index contributed by atoms with van der Waals surface area (Å²) < 4.78 is 7.32. The van der Waals surface area contributed by atoms with Crippen LogP contribution in [0.4, 0.5) is 5.69 Å². The first kappa shape index (κ1) is 14.3. The van der Waals surface area contributed by atoms with E-state index in [1.54, 1.807) is 7.11 Å². The predicted octanol–water partition coefficient (Wildman–Crippen LogP) is 4.27. The molecule has 1 saturated carbocycles. The topological polar surface area (TPSA) is 39.1 Å². The van der Waals surface area contributed by atoms with Gasteiger partial charge in [0.25, 0.3) is 0 Å². The average Bonchev–Trinajstić information content (AvgIpc) is 3.17. The van der Waals surface area contributed by atoms with Gasteiger partial charge in [0.1, 0.15) is 5.75 Å². The number of benzene rings is 1. The summed E-state index contributed by atoms with van der Waals surface area (Å²) in [6, 6.07) is 8.23. The Morgan fingerprint density at radius 1 is 1.33 bits per heavy atom. The average molecular weight is 306 g/mol. The Morgan fingerprint density at radius 3 is 2.90 bits per heavy atom. The lowest BCUT2D eigenvalue weighted by atomic mass is 10.3. The molecule has 3 rings (SSSR count). The quantitative estimate of drug-likeness (QED) is 0.896. The maximum absolute atomic E-state index is 6.18. The molecule has 1 aliphatic carbocycles. The van der Waals surface area contributed by atoms with Crippen LogP contribution in [-0.2, 0) is 6.54 Å². The Balaban J connectivity index is 1.64. The van der Waals surface area contributed by atoms with Crippen molar-refractivity contribution < 1.29 is 4.74 Å². The number of rotatable bonds is 5. The van der Waals surface area contributed by atoms with Crippen molar-refractivity contribution in [2.75, 3.05) is 12.4 Å². The van der Waals surface area contributed by atoms with Crippen LogP contribution < -0.4 is 10.1 Å². The zero-order valence-corrected chi connectivity index (χ0v) is 12.9. The normalized spacial score (nSPS) is 15.3. The lowest BCUT2D eigenvalue weighted by molar-refractivity contribution is 0.415. The van der Waals surface area contributed by atoms with E-state index in [1.807, 2.05) is 18.2 Å². The van der Waals surface area contributed by atoms with Crippen LogP contribution in [0.1, 0.15) is 37.4 Å². The Labute approximate surface area is 130 Å². The molecule has 1 aromatic carbocycles. The highest BCUT2D eigenvalue weighted by Gasteiger charge is 2.17. The van der Waals surface area contributed by atoms with Gasteiger partial charge in [0.2, 0.25) is 0 Å². The second kappa shape index (κ2) is 6.39. The number of halogens is 1. The number of nitrogens with zero attached hydrogens (tertiary/aromatic N) is 2. The molecule has 1 fully saturated rings. The lowest BCUT2D eigenvalue weighted by Gasteiger charge is -2.10. The molecule has 1 aromatic heterocycles. The number of hydrogen-bond acceptors (Lipinski definition) is 3. The minimum absolute atomic E-state index is 0.583. The first-order valence-corrected chi connectivity index (χ1v) is 7.75. The maximum Gasteiger partial charge on any atom is 0.121 e. The van der Waals surface area contributed by atoms with E-state index in [-0.39, 0.29) is 0 Å². The Morgan fingerprint density at radius 2 is 2.14 bits per heavy atom. The van der Waals surface area contributed by atoms with Crippen molar-refractivity contribution >= 4 is 17.3 Å². The van der Waals surface area contributed by atoms with Crippen molar-refractivity contribution in [2.24, 2.45) is 0 Å². The summed E-state index contributed by atoms with van der Waals surface area (Å²) in [4.78, 5) is 0. The zero-order valence-electron chi connectivity index (χ0n) is 12.2. The van der Waals surface area contributed by atoms with Gasteiger partial charge in [0, 0.05) is 12.3 Å². The van der Waals surface area contributed by atoms with Crippen molar-refractivity contribution in [1.82, 2.24) is 9.78 Å². The van der Waals surface area contributed by atoms with Gasteiger partial charge in [-0.25, -0.2) is 0 Å². The van der Waals surface area contributed by atoms with Gasteiger partial charge in [0.05, 0.1) is 36.1 Å². The predicted molar refractivity (Wildman–Crippen MR) is 85.1 cm³/mol. The van der Waals surface area contributed by atoms with E-state index in [1.165, 1.54) is 25.7 Å². The molecule has 0 aliphatic heterocycles. The molecule has 1 heterocycles. The van der Waals surface area contributed by atoms with Gasteiger partial charge in [-0.1, -0.05) is 24.4 Å². The third kappa shape index (κ3) is 3.32. The zero-order chi connectivity index (χ0) is 14.7. The SMILES string of the molecule is COc1ccc(Cl)c(NCc2ccn(C3CCCC3)n2)c1. The van der Waals surface area contributed by atoms with Crippen molar-refractivity contribution in [3.05, 3.63) is 41.2 Å². The molecule has 112 valence electrons. The van der Waals surface area contributed by atoms with Crippen LogP contribution in [0.15, 0.2) is 30.5 Å². The molecule has 0 spiro atoms. The molecule has 2 aromatic rings. The number of aromatic nitrogens is 2. The molecule has 4 nitrogen and oxygen atoms in total. The third-order valence-corrected chi connectivity index (χ3v) is 4.33. The summed E-state index contributed by atoms with van der Waals surface area (Å²) in [6.45, 7) is 0.659. The highest BCUT2D eigenvalue weighted by molar-refractivity contribution is 6.33. The van der Waals surface area contributed by atoms with Crippen LogP contribution in [0, 0.1) is 0 Å². The maximum atomic E-state index is 6.18. The van der Waals surface area contributed by atoms with Crippen LogP contribution in [-0.4, -0.2) is 16.9 Å². The molecule has 0 amide bonds. The van der Waals surface area contributed by atoms with E-state index in [2.05, 4.69) is 27.4 Å². The van der Waals surface area contributed by atoms with Crippen molar-refractivity contribution in [1.29, 1.82) is 0 Å². The van der Waals surface area contributed by atoms with Gasteiger partial charge in [-0.3, -0.25) is 4.68 Å². The second-order valence-electron chi connectivity index (χ2n) is 5.42. The summed E-state index contributed by atoms with van der Waals surface area (Å²) in [5.41, 5.74) is 1.90. The van der Waals surface area contributed by atoms with E-state index in [0.29, 0.717) is 17.6 Å². The monoisotopic (exact) mass is 305 g/mol. The highest BCUT2D eigenvalue weighted by Crippen LogP contribution is 2.29. The first-order valence-electron chi connectivity index (χ1n) is 7.38. The van der Waals surface area contributed by atoms with Crippen molar-refractivity contribution in [2.45, 2.75) is 38.3 Å². The lowest BCUT2D eigenvalue weighted by Crippen LogP contribution is -2.07. The van der Waals surface area contributed by atoms with Crippen molar-refractivity contribution in [3.63, 3.8) is 0 Å². The molecule has 0 unspecified atom stereocenters. The van der Waals surface area contributed by atoms with Crippen LogP contribution in [0.2, 0.25) is 5.02 Å². The summed E-state index contributed by atoms with van der Waals surface area (Å²) >= 11 is 6.18. The minimum Gasteiger partial charge on any atom is -0.497 e. The van der Waals surface area contributed by atoms with Crippen LogP contribution >= 0.6 is 11.6 Å². The Kier molecular flexibility index (Phi) is 4.34. The fourth-order valence-electron chi connectivity index (χ4n) is 2.80. The Hall–Kier alpha value is -1.68. The molecule has 21 heavy (non-hydrogen) atoms. The minimum atomic E-state index is 0.583. The van der Waals surface area contributed by atoms with E-state index < -0.39 is 0 Å². The largest absolute Gasteiger partial charge is 0.497 e. The van der Waals surface area contributed by atoms with E-state index in [9.17, 15) is 0 Å². The summed E-state index contributed by atoms with van der Waals surface area (Å²) in [5, 5.41) is 8.67. The highest BCUT2D eigenvalue weighted by atomic mass is 35.5. The van der Waals surface area contributed by atoms with E-state index in [0.717, 1.165) is 17.1 Å². The molecule has 0 saturated heterocycles. The van der Waals surface area contributed by atoms with E-state index >= 15 is 0 Å². The van der Waals surface area contributed by atoms with Crippen molar-refractivity contribution in [3.8, 4) is 5.75 Å². The van der Waals surface area contributed by atoms with Gasteiger partial charge in [-0.05, 0) is 31.0 Å². The molecular weight excluding hydrogens is 286 g/mol. The van der Waals surface area contributed by atoms with E-state index in [4.69, 9.17) is 16.3 Å². The fraction of sp³-hybridized carbons (Fsp3) is 0.438. The van der Waals surface area contributed by atoms with Gasteiger partial charge >= 0.3 is 0 Å².